The summed E-state index contributed by atoms with van der Waals surface area (Å²) in [5.74, 6) is 1.33. The van der Waals surface area contributed by atoms with Crippen LogP contribution in [0.2, 0.25) is 0 Å². The number of likely N-dealkylation sites (tertiary alicyclic amines) is 1. The van der Waals surface area contributed by atoms with E-state index in [2.05, 4.69) is 4.98 Å². The van der Waals surface area contributed by atoms with Crippen molar-refractivity contribution in [3.05, 3.63) is 75.2 Å². The number of hydrogen-bond acceptors (Lipinski definition) is 6. The van der Waals surface area contributed by atoms with Gasteiger partial charge in [0.15, 0.2) is 0 Å². The summed E-state index contributed by atoms with van der Waals surface area (Å²) in [5.41, 5.74) is 7.99. The van der Waals surface area contributed by atoms with Gasteiger partial charge >= 0.3 is 0 Å². The summed E-state index contributed by atoms with van der Waals surface area (Å²) in [6.07, 6.45) is 8.63. The molecule has 0 bridgehead atoms. The number of benzene rings is 1. The molecule has 1 amide bonds. The molecule has 2 unspecified atom stereocenters. The van der Waals surface area contributed by atoms with Crippen molar-refractivity contribution in [2.75, 3.05) is 13.1 Å². The van der Waals surface area contributed by atoms with Gasteiger partial charge in [0.2, 0.25) is 0 Å². The maximum Gasteiger partial charge on any atom is 0.262 e. The second-order valence-corrected chi connectivity index (χ2v) is 9.89. The average Bonchev–Trinajstić information content (AvgIpc) is 3.45. The van der Waals surface area contributed by atoms with Crippen molar-refractivity contribution >= 4 is 34.3 Å². The molecule has 3 aliphatic heterocycles. The van der Waals surface area contributed by atoms with Crippen LogP contribution in [0.3, 0.4) is 0 Å². The Bertz CT molecular complexity index is 1410. The van der Waals surface area contributed by atoms with Crippen molar-refractivity contribution in [3.63, 3.8) is 0 Å². The predicted molar refractivity (Wildman–Crippen MR) is 129 cm³/mol. The van der Waals surface area contributed by atoms with E-state index < -0.39 is 0 Å². The van der Waals surface area contributed by atoms with Gasteiger partial charge < -0.3 is 15.2 Å². The molecule has 5 heterocycles. The molecule has 33 heavy (non-hydrogen) atoms. The fraction of sp³-hybridized carbons (Fsp3) is 0.333. The number of thioether (sulfide) groups is 1. The number of nitrogens with two attached hydrogens (primary N) is 1. The molecule has 3 aliphatic rings. The second kappa shape index (κ2) is 7.62. The summed E-state index contributed by atoms with van der Waals surface area (Å²) in [4.78, 5) is 37.8. The number of carbonyl (C=O) groups is 1. The number of aromatic nitrogens is 3. The van der Waals surface area contributed by atoms with Crippen LogP contribution in [-0.2, 0) is 11.8 Å². The first-order chi connectivity index (χ1) is 16.0. The molecule has 1 fully saturated rings. The van der Waals surface area contributed by atoms with Gasteiger partial charge in [-0.1, -0.05) is 17.8 Å². The topological polar surface area (TPSA) is 98.5 Å². The summed E-state index contributed by atoms with van der Waals surface area (Å²) in [7, 11) is 1.75. The highest BCUT2D eigenvalue weighted by atomic mass is 32.2. The highest BCUT2D eigenvalue weighted by Gasteiger charge is 2.44. The van der Waals surface area contributed by atoms with E-state index in [0.717, 1.165) is 48.5 Å². The monoisotopic (exact) mass is 460 g/mol. The fourth-order valence-electron chi connectivity index (χ4n) is 4.94. The van der Waals surface area contributed by atoms with E-state index in [1.807, 2.05) is 39.9 Å². The Morgan fingerprint density at radius 1 is 1.15 bits per heavy atom. The molecule has 2 atom stereocenters. The average molecular weight is 461 g/mol. The van der Waals surface area contributed by atoms with Gasteiger partial charge in [-0.25, -0.2) is 4.98 Å². The third kappa shape index (κ3) is 3.13. The molecule has 6 rings (SSSR count). The standard InChI is InChI=1S/C24H24N6O2S/c1-28-11-7-14-13-15(5-6-16(14)23(28)31)20-27-22-17(21-26-8-12-30(20)21)18(25)19(33-22)24(32)29-9-3-2-4-10-29/h5-8,11-13,17,22H,2-4,9-10,25H2,1H3. The minimum atomic E-state index is -0.238. The molecule has 0 radical (unpaired) electrons. The molecule has 1 aromatic carbocycles. The van der Waals surface area contributed by atoms with E-state index in [-0.39, 0.29) is 22.8 Å². The molecule has 0 aliphatic carbocycles. The molecule has 0 spiro atoms. The van der Waals surface area contributed by atoms with Crippen LogP contribution in [0.25, 0.3) is 10.8 Å². The Hall–Kier alpha value is -3.33. The SMILES string of the molecule is Cn1ccc2cc(C3=NC4SC(C(=O)N5CCCCC5)=C(N)C4c4nccn43)ccc2c1=O. The smallest absolute Gasteiger partial charge is 0.262 e. The highest BCUT2D eigenvalue weighted by molar-refractivity contribution is 8.04. The largest absolute Gasteiger partial charge is 0.400 e. The van der Waals surface area contributed by atoms with Crippen LogP contribution in [0.4, 0.5) is 0 Å². The number of imidazole rings is 1. The van der Waals surface area contributed by atoms with Crippen LogP contribution in [0.1, 0.15) is 36.6 Å². The number of aryl methyl sites for hydroxylation is 1. The third-order valence-corrected chi connectivity index (χ3v) is 7.99. The summed E-state index contributed by atoms with van der Waals surface area (Å²) in [5, 5.41) is 1.29. The van der Waals surface area contributed by atoms with Gasteiger partial charge in [-0.2, -0.15) is 0 Å². The number of aliphatic imine (C=N–C) groups is 1. The van der Waals surface area contributed by atoms with Gasteiger partial charge in [-0.15, -0.1) is 0 Å². The first-order valence-electron chi connectivity index (χ1n) is 11.2. The van der Waals surface area contributed by atoms with Crippen molar-refractivity contribution in [2.45, 2.75) is 30.6 Å². The molecule has 0 saturated carbocycles. The lowest BCUT2D eigenvalue weighted by atomic mass is 10.0. The van der Waals surface area contributed by atoms with E-state index in [1.165, 1.54) is 18.2 Å². The van der Waals surface area contributed by atoms with E-state index in [0.29, 0.717) is 16.0 Å². The van der Waals surface area contributed by atoms with Crippen molar-refractivity contribution in [1.82, 2.24) is 19.0 Å². The summed E-state index contributed by atoms with van der Waals surface area (Å²) >= 11 is 1.45. The Morgan fingerprint density at radius 3 is 2.79 bits per heavy atom. The maximum absolute atomic E-state index is 13.2. The fourth-order valence-corrected chi connectivity index (χ4v) is 6.23. The number of piperidine rings is 1. The number of fused-ring (bicyclic) bond motifs is 4. The number of amides is 1. The number of carbonyl (C=O) groups excluding carboxylic acids is 1. The second-order valence-electron chi connectivity index (χ2n) is 8.77. The van der Waals surface area contributed by atoms with Gasteiger partial charge in [-0.3, -0.25) is 19.1 Å². The zero-order chi connectivity index (χ0) is 22.7. The van der Waals surface area contributed by atoms with Crippen LogP contribution in [0.15, 0.2) is 63.2 Å². The van der Waals surface area contributed by atoms with Crippen molar-refractivity contribution < 1.29 is 4.79 Å². The zero-order valence-corrected chi connectivity index (χ0v) is 19.1. The Labute approximate surface area is 194 Å². The van der Waals surface area contributed by atoms with E-state index in [4.69, 9.17) is 10.7 Å². The lowest BCUT2D eigenvalue weighted by Crippen LogP contribution is -2.36. The summed E-state index contributed by atoms with van der Waals surface area (Å²) < 4.78 is 3.52. The Kier molecular flexibility index (Phi) is 4.69. The van der Waals surface area contributed by atoms with Crippen molar-refractivity contribution in [2.24, 2.45) is 17.8 Å². The number of pyridine rings is 1. The Morgan fingerprint density at radius 2 is 1.97 bits per heavy atom. The number of nitrogens with zero attached hydrogens (tertiary/aromatic N) is 5. The quantitative estimate of drug-likeness (QED) is 0.633. The lowest BCUT2D eigenvalue weighted by Gasteiger charge is -2.27. The van der Waals surface area contributed by atoms with Crippen LogP contribution >= 0.6 is 11.8 Å². The molecule has 2 N–H and O–H groups in total. The summed E-state index contributed by atoms with van der Waals surface area (Å²) in [6, 6.07) is 7.68. The van der Waals surface area contributed by atoms with Gasteiger partial charge in [0.05, 0.1) is 10.8 Å². The minimum absolute atomic E-state index is 0.0167. The van der Waals surface area contributed by atoms with Gasteiger partial charge in [-0.05, 0) is 42.8 Å². The molecule has 3 aromatic rings. The maximum atomic E-state index is 13.2. The molecule has 2 aromatic heterocycles. The van der Waals surface area contributed by atoms with Crippen LogP contribution in [0.5, 0.6) is 0 Å². The van der Waals surface area contributed by atoms with Gasteiger partial charge in [0.1, 0.15) is 17.0 Å². The number of hydrogen-bond donors (Lipinski definition) is 1. The normalized spacial score (nSPS) is 22.3. The molecule has 8 nitrogen and oxygen atoms in total. The molecular formula is C24H24N6O2S. The molecule has 168 valence electrons. The third-order valence-electron chi connectivity index (χ3n) is 6.72. The Balaban J connectivity index is 1.40. The van der Waals surface area contributed by atoms with Crippen LogP contribution in [-0.4, -0.2) is 49.2 Å². The molecular weight excluding hydrogens is 436 g/mol. The van der Waals surface area contributed by atoms with Crippen LogP contribution < -0.4 is 11.3 Å². The van der Waals surface area contributed by atoms with Gasteiger partial charge in [0, 0.05) is 55.4 Å². The van der Waals surface area contributed by atoms with Crippen molar-refractivity contribution in [1.29, 1.82) is 0 Å². The van der Waals surface area contributed by atoms with Gasteiger partial charge in [0.25, 0.3) is 11.5 Å². The van der Waals surface area contributed by atoms with Crippen LogP contribution in [0, 0.1) is 0 Å². The van der Waals surface area contributed by atoms with Crippen molar-refractivity contribution in [3.8, 4) is 0 Å². The molecule has 1 saturated heterocycles. The predicted octanol–water partition coefficient (Wildman–Crippen LogP) is 2.38. The highest BCUT2D eigenvalue weighted by Crippen LogP contribution is 2.48. The first kappa shape index (κ1) is 20.3. The minimum Gasteiger partial charge on any atom is -0.400 e. The molecule has 9 heteroatoms. The number of rotatable bonds is 2. The lowest BCUT2D eigenvalue weighted by molar-refractivity contribution is -0.127. The van der Waals surface area contributed by atoms with E-state index >= 15 is 0 Å². The summed E-state index contributed by atoms with van der Waals surface area (Å²) in [6.45, 7) is 1.57. The zero-order valence-electron chi connectivity index (χ0n) is 18.3. The van der Waals surface area contributed by atoms with E-state index in [1.54, 1.807) is 24.0 Å². The van der Waals surface area contributed by atoms with E-state index in [9.17, 15) is 9.59 Å². The first-order valence-corrected chi connectivity index (χ1v) is 12.1.